The Morgan fingerprint density at radius 2 is 2.00 bits per heavy atom. The molecule has 0 aliphatic carbocycles. The third-order valence-corrected chi connectivity index (χ3v) is 6.71. The summed E-state index contributed by atoms with van der Waals surface area (Å²) in [6, 6.07) is 9.85. The molecule has 7 heteroatoms. The number of hydrogen-bond donors (Lipinski definition) is 0. The fraction of sp³-hybridized carbons (Fsp3) is 0.318. The minimum absolute atomic E-state index is 0.0515. The smallest absolute Gasteiger partial charge is 0.263 e. The molecular weight excluding hydrogens is 402 g/mol. The van der Waals surface area contributed by atoms with Gasteiger partial charge >= 0.3 is 0 Å². The first-order chi connectivity index (χ1) is 14.0. The molecule has 29 heavy (non-hydrogen) atoms. The third-order valence-electron chi connectivity index (χ3n) is 4.76. The van der Waals surface area contributed by atoms with Gasteiger partial charge in [0.1, 0.15) is 4.83 Å². The first kappa shape index (κ1) is 21.3. The Bertz CT molecular complexity index is 1070. The van der Waals surface area contributed by atoms with Crippen molar-refractivity contribution in [3.63, 3.8) is 0 Å². The monoisotopic (exact) mass is 427 g/mol. The van der Waals surface area contributed by atoms with Crippen LogP contribution in [0.4, 0.5) is 0 Å². The van der Waals surface area contributed by atoms with Gasteiger partial charge in [-0.15, -0.1) is 17.9 Å². The van der Waals surface area contributed by atoms with E-state index >= 15 is 0 Å². The van der Waals surface area contributed by atoms with Crippen LogP contribution in [0, 0.1) is 0 Å². The Morgan fingerprint density at radius 1 is 1.31 bits per heavy atom. The van der Waals surface area contributed by atoms with Gasteiger partial charge in [-0.2, -0.15) is 0 Å². The fourth-order valence-corrected chi connectivity index (χ4v) is 5.21. The van der Waals surface area contributed by atoms with Crippen LogP contribution in [-0.2, 0) is 11.3 Å². The molecule has 2 heterocycles. The Hall–Kier alpha value is -2.38. The van der Waals surface area contributed by atoms with Crippen molar-refractivity contribution in [2.75, 3.05) is 13.1 Å². The van der Waals surface area contributed by atoms with E-state index in [0.717, 1.165) is 11.1 Å². The van der Waals surface area contributed by atoms with Gasteiger partial charge in [-0.25, -0.2) is 4.98 Å². The predicted molar refractivity (Wildman–Crippen MR) is 123 cm³/mol. The maximum absolute atomic E-state index is 13.4. The van der Waals surface area contributed by atoms with E-state index in [2.05, 4.69) is 6.58 Å². The molecule has 0 spiro atoms. The van der Waals surface area contributed by atoms with Crippen LogP contribution in [0.25, 0.3) is 21.3 Å². The van der Waals surface area contributed by atoms with E-state index in [-0.39, 0.29) is 16.7 Å². The molecule has 5 nitrogen and oxygen atoms in total. The highest BCUT2D eigenvalue weighted by molar-refractivity contribution is 8.00. The van der Waals surface area contributed by atoms with E-state index in [4.69, 9.17) is 4.98 Å². The lowest BCUT2D eigenvalue weighted by Gasteiger charge is -2.23. The second-order valence-electron chi connectivity index (χ2n) is 6.56. The summed E-state index contributed by atoms with van der Waals surface area (Å²) < 4.78 is 1.62. The maximum Gasteiger partial charge on any atom is 0.263 e. The van der Waals surface area contributed by atoms with Crippen molar-refractivity contribution < 1.29 is 4.79 Å². The molecule has 152 valence electrons. The van der Waals surface area contributed by atoms with Crippen LogP contribution in [0.2, 0.25) is 0 Å². The first-order valence-corrected chi connectivity index (χ1v) is 11.4. The molecule has 1 unspecified atom stereocenters. The topological polar surface area (TPSA) is 55.2 Å². The Labute approximate surface area is 179 Å². The molecular formula is C22H25N3O2S2. The van der Waals surface area contributed by atoms with Crippen molar-refractivity contribution in [1.29, 1.82) is 0 Å². The molecule has 1 amide bonds. The van der Waals surface area contributed by atoms with Crippen molar-refractivity contribution in [2.24, 2.45) is 0 Å². The minimum atomic E-state index is -0.330. The molecule has 0 aliphatic rings. The molecule has 3 rings (SSSR count). The average Bonchev–Trinajstić information content (AvgIpc) is 3.16. The summed E-state index contributed by atoms with van der Waals surface area (Å²) in [6.45, 7) is 11.3. The van der Waals surface area contributed by atoms with Crippen LogP contribution in [0.1, 0.15) is 20.8 Å². The van der Waals surface area contributed by atoms with Gasteiger partial charge in [-0.3, -0.25) is 14.2 Å². The van der Waals surface area contributed by atoms with Gasteiger partial charge in [-0.05, 0) is 26.3 Å². The van der Waals surface area contributed by atoms with Crippen LogP contribution in [0.5, 0.6) is 0 Å². The molecule has 0 bridgehead atoms. The largest absolute Gasteiger partial charge is 0.342 e. The number of thiophene rings is 1. The zero-order valence-corrected chi connectivity index (χ0v) is 18.6. The van der Waals surface area contributed by atoms with E-state index in [9.17, 15) is 9.59 Å². The Balaban J connectivity index is 2.07. The number of rotatable bonds is 8. The number of carbonyl (C=O) groups excluding carboxylic acids is 1. The van der Waals surface area contributed by atoms with Crippen LogP contribution >= 0.6 is 23.1 Å². The summed E-state index contributed by atoms with van der Waals surface area (Å²) in [5.74, 6) is 0.0515. The normalized spacial score (nSPS) is 12.1. The van der Waals surface area contributed by atoms with Crippen molar-refractivity contribution in [1.82, 2.24) is 14.5 Å². The number of benzene rings is 1. The van der Waals surface area contributed by atoms with E-state index in [1.165, 1.54) is 23.1 Å². The fourth-order valence-electron chi connectivity index (χ4n) is 3.22. The SMILES string of the molecule is C=CCn1c(SC(C)C(=O)N(CC)CC)nc2scc(-c3ccccc3)c2c1=O. The van der Waals surface area contributed by atoms with E-state index < -0.39 is 0 Å². The summed E-state index contributed by atoms with van der Waals surface area (Å²) in [5.41, 5.74) is 1.79. The van der Waals surface area contributed by atoms with Gasteiger partial charge < -0.3 is 4.90 Å². The molecule has 2 aromatic heterocycles. The second-order valence-corrected chi connectivity index (χ2v) is 8.73. The molecule has 3 aromatic rings. The van der Waals surface area contributed by atoms with Gasteiger partial charge in [-0.1, -0.05) is 48.2 Å². The number of nitrogens with zero attached hydrogens (tertiary/aromatic N) is 3. The lowest BCUT2D eigenvalue weighted by molar-refractivity contribution is -0.129. The van der Waals surface area contributed by atoms with Crippen molar-refractivity contribution in [3.05, 3.63) is 58.7 Å². The molecule has 0 fully saturated rings. The summed E-state index contributed by atoms with van der Waals surface area (Å²) in [7, 11) is 0. The van der Waals surface area contributed by atoms with Crippen molar-refractivity contribution >= 4 is 39.2 Å². The first-order valence-electron chi connectivity index (χ1n) is 9.65. The number of allylic oxidation sites excluding steroid dienone is 1. The highest BCUT2D eigenvalue weighted by atomic mass is 32.2. The van der Waals surface area contributed by atoms with Gasteiger partial charge in [0, 0.05) is 30.6 Å². The van der Waals surface area contributed by atoms with E-state index in [0.29, 0.717) is 35.0 Å². The third kappa shape index (κ3) is 4.31. The van der Waals surface area contributed by atoms with Gasteiger partial charge in [0.15, 0.2) is 5.16 Å². The Kier molecular flexibility index (Phi) is 6.92. The summed E-state index contributed by atoms with van der Waals surface area (Å²) in [5, 5.41) is 2.82. The number of amides is 1. The molecule has 0 radical (unpaired) electrons. The zero-order chi connectivity index (χ0) is 21.0. The van der Waals surface area contributed by atoms with Crippen LogP contribution in [0.15, 0.2) is 58.3 Å². The van der Waals surface area contributed by atoms with E-state index in [1.54, 1.807) is 15.5 Å². The maximum atomic E-state index is 13.4. The minimum Gasteiger partial charge on any atom is -0.342 e. The van der Waals surface area contributed by atoms with Crippen LogP contribution in [0.3, 0.4) is 0 Å². The highest BCUT2D eigenvalue weighted by Gasteiger charge is 2.23. The number of hydrogen-bond acceptors (Lipinski definition) is 5. The second kappa shape index (κ2) is 9.41. The van der Waals surface area contributed by atoms with Gasteiger partial charge in [0.2, 0.25) is 5.91 Å². The molecule has 0 saturated heterocycles. The summed E-state index contributed by atoms with van der Waals surface area (Å²) in [4.78, 5) is 33.3. The van der Waals surface area contributed by atoms with Crippen molar-refractivity contribution in [2.45, 2.75) is 37.7 Å². The number of carbonyl (C=O) groups is 1. The Morgan fingerprint density at radius 3 is 2.62 bits per heavy atom. The molecule has 0 aliphatic heterocycles. The predicted octanol–water partition coefficient (Wildman–Crippen LogP) is 4.66. The highest BCUT2D eigenvalue weighted by Crippen LogP contribution is 2.33. The quantitative estimate of drug-likeness (QED) is 0.298. The summed E-state index contributed by atoms with van der Waals surface area (Å²) >= 11 is 2.79. The number of fused-ring (bicyclic) bond motifs is 1. The molecule has 1 atom stereocenters. The molecule has 1 aromatic carbocycles. The number of aromatic nitrogens is 2. The lowest BCUT2D eigenvalue weighted by Crippen LogP contribution is -2.36. The van der Waals surface area contributed by atoms with Crippen LogP contribution < -0.4 is 5.56 Å². The average molecular weight is 428 g/mol. The van der Waals surface area contributed by atoms with Crippen LogP contribution in [-0.4, -0.2) is 38.7 Å². The standard InChI is InChI=1S/C22H25N3O2S2/c1-5-13-25-21(27)18-17(16-11-9-8-10-12-16)14-28-19(18)23-22(25)29-15(4)20(26)24(6-2)7-3/h5,8-12,14-15H,1,6-7,13H2,2-4H3. The zero-order valence-electron chi connectivity index (χ0n) is 16.9. The van der Waals surface area contributed by atoms with Gasteiger partial charge in [0.25, 0.3) is 5.56 Å². The van der Waals surface area contributed by atoms with Crippen molar-refractivity contribution in [3.8, 4) is 11.1 Å². The lowest BCUT2D eigenvalue weighted by atomic mass is 10.1. The van der Waals surface area contributed by atoms with Gasteiger partial charge in [0.05, 0.1) is 10.6 Å². The summed E-state index contributed by atoms with van der Waals surface area (Å²) in [6.07, 6.45) is 1.68. The molecule has 0 saturated carbocycles. The number of thioether (sulfide) groups is 1. The van der Waals surface area contributed by atoms with E-state index in [1.807, 2.05) is 56.5 Å². The molecule has 0 N–H and O–H groups in total.